The van der Waals surface area contributed by atoms with Gasteiger partial charge in [0.2, 0.25) is 0 Å². The van der Waals surface area contributed by atoms with E-state index in [2.05, 4.69) is 6.58 Å². The number of aryl methyl sites for hydroxylation is 1. The molecule has 3 rings (SSSR count). The fourth-order valence-electron chi connectivity index (χ4n) is 3.71. The number of carbonyl (C=O) groups excluding carboxylic acids is 2. The summed E-state index contributed by atoms with van der Waals surface area (Å²) in [7, 11) is 3.76. The van der Waals surface area contributed by atoms with E-state index in [0.717, 1.165) is 5.56 Å². The third-order valence-electron chi connectivity index (χ3n) is 5.39. The summed E-state index contributed by atoms with van der Waals surface area (Å²) < 4.78 is 5.59. The highest BCUT2D eigenvalue weighted by molar-refractivity contribution is 6.46. The van der Waals surface area contributed by atoms with E-state index in [1.165, 1.54) is 4.90 Å². The second-order valence-corrected chi connectivity index (χ2v) is 8.86. The lowest BCUT2D eigenvalue weighted by Crippen LogP contribution is -2.35. The van der Waals surface area contributed by atoms with Crippen molar-refractivity contribution in [3.8, 4) is 5.75 Å². The van der Waals surface area contributed by atoms with Crippen LogP contribution in [-0.4, -0.2) is 60.4 Å². The highest BCUT2D eigenvalue weighted by Crippen LogP contribution is 2.41. The van der Waals surface area contributed by atoms with Gasteiger partial charge in [0.15, 0.2) is 0 Å². The summed E-state index contributed by atoms with van der Waals surface area (Å²) in [6, 6.07) is 9.22. The molecule has 1 aliphatic heterocycles. The maximum Gasteiger partial charge on any atom is 0.295 e. The van der Waals surface area contributed by atoms with Crippen LogP contribution in [0.25, 0.3) is 5.76 Å². The summed E-state index contributed by atoms with van der Waals surface area (Å²) in [6.07, 6.45) is 1.64. The molecule has 1 amide bonds. The average Bonchev–Trinajstić information content (AvgIpc) is 3.03. The number of nitrogens with zero attached hydrogens (tertiary/aromatic N) is 2. The van der Waals surface area contributed by atoms with Crippen molar-refractivity contribution in [1.82, 2.24) is 9.80 Å². The molecular weight excluding hydrogens is 463 g/mol. The fourth-order valence-corrected chi connectivity index (χ4v) is 4.02. The molecule has 1 atom stereocenters. The molecule has 0 radical (unpaired) electrons. The first-order valence-corrected chi connectivity index (χ1v) is 11.1. The van der Waals surface area contributed by atoms with Crippen LogP contribution in [0.3, 0.4) is 0 Å². The minimum atomic E-state index is -0.795. The molecule has 174 valence electrons. The third-order valence-corrected chi connectivity index (χ3v) is 6.13. The van der Waals surface area contributed by atoms with E-state index in [9.17, 15) is 14.7 Å². The van der Waals surface area contributed by atoms with E-state index in [0.29, 0.717) is 46.6 Å². The number of ether oxygens (including phenoxy) is 1. The van der Waals surface area contributed by atoms with Crippen LogP contribution in [-0.2, 0) is 9.59 Å². The molecule has 0 saturated carbocycles. The fraction of sp³-hybridized carbons (Fsp3) is 0.280. The molecule has 0 aliphatic carbocycles. The Hall–Kier alpha value is -2.80. The number of ketones is 1. The summed E-state index contributed by atoms with van der Waals surface area (Å²) in [4.78, 5) is 29.4. The van der Waals surface area contributed by atoms with Gasteiger partial charge in [0.25, 0.3) is 11.7 Å². The van der Waals surface area contributed by atoms with Crippen molar-refractivity contribution in [3.05, 3.63) is 81.4 Å². The van der Waals surface area contributed by atoms with Gasteiger partial charge in [-0.3, -0.25) is 9.59 Å². The van der Waals surface area contributed by atoms with Gasteiger partial charge < -0.3 is 19.6 Å². The monoisotopic (exact) mass is 488 g/mol. The summed E-state index contributed by atoms with van der Waals surface area (Å²) >= 11 is 12.3. The van der Waals surface area contributed by atoms with Crippen molar-refractivity contribution in [3.63, 3.8) is 0 Å². The molecule has 1 saturated heterocycles. The normalized spacial score (nSPS) is 17.6. The molecule has 0 aromatic heterocycles. The Morgan fingerprint density at radius 1 is 1.18 bits per heavy atom. The molecule has 1 unspecified atom stereocenters. The van der Waals surface area contributed by atoms with E-state index < -0.39 is 17.7 Å². The van der Waals surface area contributed by atoms with Gasteiger partial charge in [-0.15, -0.1) is 0 Å². The van der Waals surface area contributed by atoms with Crippen molar-refractivity contribution < 1.29 is 19.4 Å². The molecule has 2 aromatic carbocycles. The van der Waals surface area contributed by atoms with E-state index in [-0.39, 0.29) is 11.3 Å². The van der Waals surface area contributed by atoms with E-state index in [4.69, 9.17) is 27.9 Å². The van der Waals surface area contributed by atoms with Gasteiger partial charge in [-0.2, -0.15) is 0 Å². The predicted molar refractivity (Wildman–Crippen MR) is 131 cm³/mol. The van der Waals surface area contributed by atoms with Crippen molar-refractivity contribution >= 4 is 40.7 Å². The standard InChI is InChI=1S/C25H26Cl2N2O4/c1-5-12-33-20-9-7-17(13-15(20)2)23(30)21-22(16-6-8-18(26)19(27)14-16)29(11-10-28(3)4)25(32)24(21)31/h5-9,13-14,22,30H,1,10-12H2,2-4H3. The van der Waals surface area contributed by atoms with Crippen molar-refractivity contribution in [2.75, 3.05) is 33.8 Å². The Morgan fingerprint density at radius 3 is 2.52 bits per heavy atom. The number of hydrogen-bond donors (Lipinski definition) is 1. The van der Waals surface area contributed by atoms with Crippen LogP contribution in [0.2, 0.25) is 10.0 Å². The molecular formula is C25H26Cl2N2O4. The zero-order valence-corrected chi connectivity index (χ0v) is 20.3. The summed E-state index contributed by atoms with van der Waals surface area (Å²) in [5, 5.41) is 11.9. The van der Waals surface area contributed by atoms with Gasteiger partial charge in [-0.1, -0.05) is 41.9 Å². The maximum atomic E-state index is 13.1. The first-order valence-electron chi connectivity index (χ1n) is 10.4. The summed E-state index contributed by atoms with van der Waals surface area (Å²) in [6.45, 7) is 6.65. The van der Waals surface area contributed by atoms with Gasteiger partial charge in [-0.05, 0) is 62.5 Å². The second kappa shape index (κ2) is 10.4. The molecule has 0 spiro atoms. The Morgan fingerprint density at radius 2 is 1.91 bits per heavy atom. The van der Waals surface area contributed by atoms with Gasteiger partial charge in [-0.25, -0.2) is 0 Å². The number of likely N-dealkylation sites (N-methyl/N-ethyl adjacent to an activating group) is 1. The van der Waals surface area contributed by atoms with E-state index >= 15 is 0 Å². The van der Waals surface area contributed by atoms with Crippen LogP contribution >= 0.6 is 23.2 Å². The molecule has 8 heteroatoms. The zero-order chi connectivity index (χ0) is 24.3. The molecule has 1 N–H and O–H groups in total. The zero-order valence-electron chi connectivity index (χ0n) is 18.8. The minimum Gasteiger partial charge on any atom is -0.507 e. The Labute approximate surface area is 203 Å². The van der Waals surface area contributed by atoms with Crippen molar-refractivity contribution in [1.29, 1.82) is 0 Å². The van der Waals surface area contributed by atoms with Crippen LogP contribution in [0.5, 0.6) is 5.75 Å². The minimum absolute atomic E-state index is 0.0105. The number of likely N-dealkylation sites (tertiary alicyclic amines) is 1. The highest BCUT2D eigenvalue weighted by Gasteiger charge is 2.46. The lowest BCUT2D eigenvalue weighted by Gasteiger charge is -2.26. The van der Waals surface area contributed by atoms with E-state index in [1.54, 1.807) is 42.5 Å². The number of amides is 1. The maximum absolute atomic E-state index is 13.1. The van der Waals surface area contributed by atoms with Gasteiger partial charge >= 0.3 is 0 Å². The van der Waals surface area contributed by atoms with Crippen LogP contribution in [0.1, 0.15) is 22.7 Å². The second-order valence-electron chi connectivity index (χ2n) is 8.05. The van der Waals surface area contributed by atoms with Gasteiger partial charge in [0.1, 0.15) is 18.1 Å². The van der Waals surface area contributed by atoms with Crippen LogP contribution in [0.4, 0.5) is 0 Å². The largest absolute Gasteiger partial charge is 0.507 e. The number of carbonyl (C=O) groups is 2. The quantitative estimate of drug-likeness (QED) is 0.249. The topological polar surface area (TPSA) is 70.1 Å². The Kier molecular flexibility index (Phi) is 7.84. The smallest absolute Gasteiger partial charge is 0.295 e. The van der Waals surface area contributed by atoms with Crippen LogP contribution < -0.4 is 4.74 Å². The Balaban J connectivity index is 2.13. The van der Waals surface area contributed by atoms with Crippen LogP contribution in [0, 0.1) is 6.92 Å². The highest BCUT2D eigenvalue weighted by atomic mass is 35.5. The molecule has 33 heavy (non-hydrogen) atoms. The van der Waals surface area contributed by atoms with E-state index in [1.807, 2.05) is 25.9 Å². The Bertz CT molecular complexity index is 1130. The van der Waals surface area contributed by atoms with Crippen molar-refractivity contribution in [2.45, 2.75) is 13.0 Å². The summed E-state index contributed by atoms with van der Waals surface area (Å²) in [5.74, 6) is -1.03. The van der Waals surface area contributed by atoms with Gasteiger partial charge in [0, 0.05) is 18.7 Å². The number of halogens is 2. The number of aliphatic hydroxyl groups excluding tert-OH is 1. The third kappa shape index (κ3) is 5.24. The van der Waals surface area contributed by atoms with Crippen molar-refractivity contribution in [2.24, 2.45) is 0 Å². The number of rotatable bonds is 8. The SMILES string of the molecule is C=CCOc1ccc(C(O)=C2C(=O)C(=O)N(CCN(C)C)C2c2ccc(Cl)c(Cl)c2)cc1C. The lowest BCUT2D eigenvalue weighted by atomic mass is 9.94. The number of benzene rings is 2. The first-order chi connectivity index (χ1) is 15.6. The number of aliphatic hydroxyl groups is 1. The predicted octanol–water partition coefficient (Wildman–Crippen LogP) is 4.85. The first kappa shape index (κ1) is 24.8. The lowest BCUT2D eigenvalue weighted by molar-refractivity contribution is -0.140. The molecule has 2 aromatic rings. The summed E-state index contributed by atoms with van der Waals surface area (Å²) in [5.41, 5.74) is 1.78. The number of Topliss-reactive ketones (excluding diaryl/α,β-unsaturated/α-hetero) is 1. The average molecular weight is 489 g/mol. The molecule has 1 heterocycles. The van der Waals surface area contributed by atoms with Gasteiger partial charge in [0.05, 0.1) is 21.7 Å². The van der Waals surface area contributed by atoms with Crippen LogP contribution in [0.15, 0.2) is 54.6 Å². The molecule has 6 nitrogen and oxygen atoms in total. The molecule has 1 aliphatic rings. The number of hydrogen-bond acceptors (Lipinski definition) is 5. The molecule has 1 fully saturated rings. The molecule has 0 bridgehead atoms.